The second-order valence-corrected chi connectivity index (χ2v) is 4.06. The smallest absolute Gasteiger partial charge is 0.161 e. The molecule has 1 aliphatic heterocycles. The third-order valence-electron chi connectivity index (χ3n) is 2.47. The van der Waals surface area contributed by atoms with Gasteiger partial charge in [-0.2, -0.15) is 0 Å². The molecule has 0 amide bonds. The summed E-state index contributed by atoms with van der Waals surface area (Å²) >= 11 is 0. The normalized spacial score (nSPS) is 17.9. The highest BCUT2D eigenvalue weighted by Gasteiger charge is 2.23. The van der Waals surface area contributed by atoms with Gasteiger partial charge >= 0.3 is 0 Å². The van der Waals surface area contributed by atoms with Gasteiger partial charge in [0, 0.05) is 7.11 Å². The van der Waals surface area contributed by atoms with Crippen LogP contribution < -0.4 is 9.47 Å². The molecule has 2 rings (SSSR count). The minimum Gasteiger partial charge on any atom is -0.487 e. The first-order chi connectivity index (χ1) is 8.29. The maximum absolute atomic E-state index is 5.68. The van der Waals surface area contributed by atoms with Gasteiger partial charge in [-0.1, -0.05) is 6.07 Å². The Morgan fingerprint density at radius 1 is 1.24 bits per heavy atom. The van der Waals surface area contributed by atoms with Crippen LogP contribution in [0.5, 0.6) is 11.5 Å². The molecular formula is C13H18O4. The fourth-order valence-corrected chi connectivity index (χ4v) is 1.43. The summed E-state index contributed by atoms with van der Waals surface area (Å²) in [4.78, 5) is 0. The highest BCUT2D eigenvalue weighted by molar-refractivity contribution is 5.42. The summed E-state index contributed by atoms with van der Waals surface area (Å²) in [5, 5.41) is 0. The van der Waals surface area contributed by atoms with Gasteiger partial charge in [0.25, 0.3) is 0 Å². The molecule has 1 atom stereocenters. The molecule has 4 nitrogen and oxygen atoms in total. The minimum atomic E-state index is 0.252. The lowest BCUT2D eigenvalue weighted by molar-refractivity contribution is 0.142. The Balaban J connectivity index is 1.95. The molecular weight excluding hydrogens is 220 g/mol. The van der Waals surface area contributed by atoms with E-state index < -0.39 is 0 Å². The summed E-state index contributed by atoms with van der Waals surface area (Å²) in [7, 11) is 1.65. The van der Waals surface area contributed by atoms with Crippen molar-refractivity contribution in [2.45, 2.75) is 13.0 Å². The lowest BCUT2D eigenvalue weighted by Crippen LogP contribution is -2.08. The zero-order valence-electron chi connectivity index (χ0n) is 10.3. The molecule has 0 unspecified atom stereocenters. The monoisotopic (exact) mass is 238 g/mol. The summed E-state index contributed by atoms with van der Waals surface area (Å²) in [6.45, 7) is 4.50. The summed E-state index contributed by atoms with van der Waals surface area (Å²) in [5.41, 5.74) is 1.15. The fraction of sp³-hybridized carbons (Fsp3) is 0.538. The molecule has 4 heteroatoms. The van der Waals surface area contributed by atoms with Gasteiger partial charge in [-0.25, -0.2) is 0 Å². The molecule has 0 saturated carbocycles. The average Bonchev–Trinajstić information content (AvgIpc) is 3.13. The van der Waals surface area contributed by atoms with Crippen molar-refractivity contribution in [3.63, 3.8) is 0 Å². The van der Waals surface area contributed by atoms with Crippen molar-refractivity contribution in [3.8, 4) is 11.5 Å². The largest absolute Gasteiger partial charge is 0.487 e. The Labute approximate surface area is 101 Å². The van der Waals surface area contributed by atoms with E-state index in [-0.39, 0.29) is 6.10 Å². The van der Waals surface area contributed by atoms with Crippen molar-refractivity contribution in [2.75, 3.05) is 33.5 Å². The van der Waals surface area contributed by atoms with Crippen molar-refractivity contribution in [2.24, 2.45) is 0 Å². The zero-order chi connectivity index (χ0) is 12.1. The molecule has 1 aromatic rings. The van der Waals surface area contributed by atoms with Crippen LogP contribution in [-0.2, 0) is 9.47 Å². The molecule has 0 radical (unpaired) electrons. The number of hydrogen-bond donors (Lipinski definition) is 0. The van der Waals surface area contributed by atoms with Gasteiger partial charge in [-0.05, 0) is 24.6 Å². The highest BCUT2D eigenvalue weighted by Crippen LogP contribution is 2.29. The maximum atomic E-state index is 5.68. The third-order valence-corrected chi connectivity index (χ3v) is 2.47. The second-order valence-electron chi connectivity index (χ2n) is 4.06. The number of methoxy groups -OCH3 is 1. The molecule has 17 heavy (non-hydrogen) atoms. The van der Waals surface area contributed by atoms with Crippen LogP contribution in [-0.4, -0.2) is 39.6 Å². The van der Waals surface area contributed by atoms with E-state index in [0.29, 0.717) is 19.8 Å². The predicted molar refractivity (Wildman–Crippen MR) is 63.8 cm³/mol. The standard InChI is InChI=1S/C13H18O4/c1-10-3-4-12(15-6-5-14-2)13(7-10)17-9-11-8-16-11/h3-4,7,11H,5-6,8-9H2,1-2H3/t11-/m0/s1. The van der Waals surface area contributed by atoms with E-state index in [2.05, 4.69) is 0 Å². The van der Waals surface area contributed by atoms with E-state index in [1.165, 1.54) is 0 Å². The Morgan fingerprint density at radius 2 is 2.06 bits per heavy atom. The van der Waals surface area contributed by atoms with Gasteiger partial charge in [0.1, 0.15) is 19.3 Å². The summed E-state index contributed by atoms with van der Waals surface area (Å²) in [6, 6.07) is 5.90. The molecule has 1 aliphatic rings. The van der Waals surface area contributed by atoms with Gasteiger partial charge in [0.2, 0.25) is 0 Å². The number of rotatable bonds is 7. The number of benzene rings is 1. The highest BCUT2D eigenvalue weighted by atomic mass is 16.6. The van der Waals surface area contributed by atoms with Gasteiger partial charge in [0.15, 0.2) is 11.5 Å². The Kier molecular flexibility index (Phi) is 4.23. The number of ether oxygens (including phenoxy) is 4. The van der Waals surface area contributed by atoms with Gasteiger partial charge < -0.3 is 18.9 Å². The van der Waals surface area contributed by atoms with E-state index in [9.17, 15) is 0 Å². The van der Waals surface area contributed by atoms with Crippen LogP contribution in [0, 0.1) is 6.92 Å². The van der Waals surface area contributed by atoms with Gasteiger partial charge in [-0.15, -0.1) is 0 Å². The molecule has 0 aromatic heterocycles. The van der Waals surface area contributed by atoms with Crippen LogP contribution in [0.25, 0.3) is 0 Å². The van der Waals surface area contributed by atoms with Crippen LogP contribution in [0.1, 0.15) is 5.56 Å². The molecule has 1 fully saturated rings. The van der Waals surface area contributed by atoms with Crippen molar-refractivity contribution in [1.82, 2.24) is 0 Å². The van der Waals surface area contributed by atoms with E-state index in [0.717, 1.165) is 23.7 Å². The quantitative estimate of drug-likeness (QED) is 0.536. The molecule has 94 valence electrons. The SMILES string of the molecule is COCCOc1ccc(C)cc1OC[C@@H]1CO1. The van der Waals surface area contributed by atoms with Crippen molar-refractivity contribution >= 4 is 0 Å². The lowest BCUT2D eigenvalue weighted by atomic mass is 10.2. The average molecular weight is 238 g/mol. The lowest BCUT2D eigenvalue weighted by Gasteiger charge is -2.12. The Morgan fingerprint density at radius 3 is 2.76 bits per heavy atom. The molecule has 0 N–H and O–H groups in total. The van der Waals surface area contributed by atoms with Crippen LogP contribution in [0.2, 0.25) is 0 Å². The van der Waals surface area contributed by atoms with E-state index in [1.54, 1.807) is 7.11 Å². The second kappa shape index (κ2) is 5.89. The molecule has 0 aliphatic carbocycles. The number of epoxide rings is 1. The van der Waals surface area contributed by atoms with Crippen LogP contribution in [0.4, 0.5) is 0 Å². The Hall–Kier alpha value is -1.26. The van der Waals surface area contributed by atoms with Crippen molar-refractivity contribution < 1.29 is 18.9 Å². The molecule has 1 saturated heterocycles. The molecule has 1 aromatic carbocycles. The first-order valence-corrected chi connectivity index (χ1v) is 5.76. The van der Waals surface area contributed by atoms with Crippen LogP contribution in [0.3, 0.4) is 0 Å². The topological polar surface area (TPSA) is 40.2 Å². The van der Waals surface area contributed by atoms with E-state index in [1.807, 2.05) is 25.1 Å². The van der Waals surface area contributed by atoms with E-state index in [4.69, 9.17) is 18.9 Å². The van der Waals surface area contributed by atoms with Crippen molar-refractivity contribution in [3.05, 3.63) is 23.8 Å². The summed E-state index contributed by atoms with van der Waals surface area (Å²) in [6.07, 6.45) is 0.252. The van der Waals surface area contributed by atoms with Gasteiger partial charge in [0.05, 0.1) is 13.2 Å². The van der Waals surface area contributed by atoms with E-state index >= 15 is 0 Å². The third kappa shape index (κ3) is 3.91. The number of aryl methyl sites for hydroxylation is 1. The summed E-state index contributed by atoms with van der Waals surface area (Å²) in [5.74, 6) is 1.53. The fourth-order valence-electron chi connectivity index (χ4n) is 1.43. The zero-order valence-corrected chi connectivity index (χ0v) is 10.3. The number of hydrogen-bond acceptors (Lipinski definition) is 4. The summed E-state index contributed by atoms with van der Waals surface area (Å²) < 4.78 is 21.3. The van der Waals surface area contributed by atoms with Gasteiger partial charge in [-0.3, -0.25) is 0 Å². The molecule has 1 heterocycles. The molecule has 0 spiro atoms. The molecule has 0 bridgehead atoms. The first kappa shape index (κ1) is 12.2. The van der Waals surface area contributed by atoms with Crippen LogP contribution >= 0.6 is 0 Å². The predicted octanol–water partition coefficient (Wildman–Crippen LogP) is 1.80. The van der Waals surface area contributed by atoms with Crippen molar-refractivity contribution in [1.29, 1.82) is 0 Å². The first-order valence-electron chi connectivity index (χ1n) is 5.76. The van der Waals surface area contributed by atoms with Crippen LogP contribution in [0.15, 0.2) is 18.2 Å². The Bertz CT molecular complexity index is 360. The minimum absolute atomic E-state index is 0.252. The maximum Gasteiger partial charge on any atom is 0.161 e.